The summed E-state index contributed by atoms with van der Waals surface area (Å²) in [5, 5.41) is 3.57. The molecular formula is C19H29N2O3+. The van der Waals surface area contributed by atoms with Gasteiger partial charge in [0.05, 0.1) is 7.11 Å². The van der Waals surface area contributed by atoms with Gasteiger partial charge in [0, 0.05) is 55.9 Å². The molecule has 0 amide bonds. The Labute approximate surface area is 144 Å². The van der Waals surface area contributed by atoms with Crippen molar-refractivity contribution in [2.75, 3.05) is 7.11 Å². The van der Waals surface area contributed by atoms with Gasteiger partial charge >= 0.3 is 5.97 Å². The van der Waals surface area contributed by atoms with Crippen molar-refractivity contribution < 1.29 is 14.3 Å². The third-order valence-electron chi connectivity index (χ3n) is 5.17. The second kappa shape index (κ2) is 6.63. The number of nitrogens with zero attached hydrogens (tertiary/aromatic N) is 1. The Morgan fingerprint density at radius 2 is 1.83 bits per heavy atom. The van der Waals surface area contributed by atoms with Crippen LogP contribution in [-0.4, -0.2) is 35.0 Å². The summed E-state index contributed by atoms with van der Waals surface area (Å²) in [6.45, 7) is 9.58. The molecule has 3 atom stereocenters. The van der Waals surface area contributed by atoms with E-state index in [-0.39, 0.29) is 18.1 Å². The molecule has 0 saturated carbocycles. The summed E-state index contributed by atoms with van der Waals surface area (Å²) in [6.07, 6.45) is 0.580. The van der Waals surface area contributed by atoms with E-state index in [1.807, 2.05) is 45.9 Å². The van der Waals surface area contributed by atoms with Gasteiger partial charge in [-0.25, -0.2) is 0 Å². The lowest BCUT2D eigenvalue weighted by Crippen LogP contribution is -2.66. The molecule has 1 heterocycles. The zero-order valence-electron chi connectivity index (χ0n) is 15.5. The first kappa shape index (κ1) is 18.6. The second-order valence-electron chi connectivity index (χ2n) is 7.87. The zero-order chi connectivity index (χ0) is 18.1. The van der Waals surface area contributed by atoms with Gasteiger partial charge in [0.1, 0.15) is 5.92 Å². The van der Waals surface area contributed by atoms with Gasteiger partial charge in [0.25, 0.3) is 0 Å². The fraction of sp³-hybridized carbons (Fsp3) is 0.632. The van der Waals surface area contributed by atoms with E-state index >= 15 is 0 Å². The van der Waals surface area contributed by atoms with Crippen LogP contribution in [0.4, 0.5) is 0 Å². The first-order chi connectivity index (χ1) is 11.1. The van der Waals surface area contributed by atoms with E-state index in [9.17, 15) is 9.70 Å². The van der Waals surface area contributed by atoms with Crippen LogP contribution in [0, 0.1) is 10.8 Å². The van der Waals surface area contributed by atoms with Gasteiger partial charge < -0.3 is 10.1 Å². The molecule has 0 radical (unpaired) electrons. The monoisotopic (exact) mass is 333 g/mol. The highest BCUT2D eigenvalue weighted by Gasteiger charge is 2.62. The van der Waals surface area contributed by atoms with Crippen molar-refractivity contribution in [3.05, 3.63) is 40.8 Å². The van der Waals surface area contributed by atoms with Crippen molar-refractivity contribution >= 4 is 5.97 Å². The third-order valence-corrected chi connectivity index (χ3v) is 5.17. The lowest BCUT2D eigenvalue weighted by Gasteiger charge is -2.42. The Morgan fingerprint density at radius 1 is 1.25 bits per heavy atom. The van der Waals surface area contributed by atoms with E-state index in [4.69, 9.17) is 4.74 Å². The molecule has 1 N–H and O–H groups in total. The van der Waals surface area contributed by atoms with Crippen LogP contribution < -0.4 is 5.32 Å². The third kappa shape index (κ3) is 3.36. The second-order valence-corrected chi connectivity index (χ2v) is 7.87. The predicted octanol–water partition coefficient (Wildman–Crippen LogP) is 3.23. The number of ether oxygens (including phenoxy) is 1. The number of hydrogen-bond acceptors (Lipinski definition) is 4. The van der Waals surface area contributed by atoms with Gasteiger partial charge in [-0.15, -0.1) is 0 Å². The molecule has 1 fully saturated rings. The normalized spacial score (nSPS) is 26.7. The van der Waals surface area contributed by atoms with Crippen LogP contribution in [-0.2, 0) is 9.53 Å². The van der Waals surface area contributed by atoms with Crippen molar-refractivity contribution in [2.24, 2.45) is 5.92 Å². The summed E-state index contributed by atoms with van der Waals surface area (Å²) in [5.41, 5.74) is -0.244. The van der Waals surface area contributed by atoms with E-state index in [0.717, 1.165) is 10.3 Å². The van der Waals surface area contributed by atoms with Crippen molar-refractivity contribution in [3.8, 4) is 0 Å². The standard InChI is InChI=1S/C19H29N2O3/c1-13(14-10-8-7-9-11-14)20-15-12-18(2,3)21(23)19(4,5)16(15)17(22)24-6/h7-11,13,15-16,20H,12H2,1-6H3/q+1. The van der Waals surface area contributed by atoms with Gasteiger partial charge in [-0.3, -0.25) is 4.79 Å². The number of nitrogens with one attached hydrogen (secondary N) is 1. The van der Waals surface area contributed by atoms with E-state index < -0.39 is 17.0 Å². The maximum absolute atomic E-state index is 12.8. The topological polar surface area (TPSA) is 58.4 Å². The minimum absolute atomic E-state index is 0.0770. The molecule has 1 aromatic rings. The molecule has 1 saturated heterocycles. The first-order valence-corrected chi connectivity index (χ1v) is 8.47. The summed E-state index contributed by atoms with van der Waals surface area (Å²) < 4.78 is 6.08. The van der Waals surface area contributed by atoms with Crippen molar-refractivity contribution in [1.29, 1.82) is 0 Å². The van der Waals surface area contributed by atoms with Crippen molar-refractivity contribution in [2.45, 2.75) is 64.2 Å². The maximum Gasteiger partial charge on any atom is 0.317 e. The molecule has 2 rings (SSSR count). The van der Waals surface area contributed by atoms with Gasteiger partial charge in [-0.1, -0.05) is 30.3 Å². The smallest absolute Gasteiger partial charge is 0.317 e. The number of carbonyl (C=O) groups excluding carboxylic acids is 1. The fourth-order valence-corrected chi connectivity index (χ4v) is 4.03. The van der Waals surface area contributed by atoms with Crippen LogP contribution in [0.15, 0.2) is 30.3 Å². The summed E-state index contributed by atoms with van der Waals surface area (Å²) in [5.74, 6) is -0.867. The van der Waals surface area contributed by atoms with Crippen LogP contribution in [0.5, 0.6) is 0 Å². The zero-order valence-corrected chi connectivity index (χ0v) is 15.5. The molecule has 24 heavy (non-hydrogen) atoms. The van der Waals surface area contributed by atoms with E-state index in [1.165, 1.54) is 7.11 Å². The Hall–Kier alpha value is -1.75. The van der Waals surface area contributed by atoms with Crippen LogP contribution in [0.2, 0.25) is 0 Å². The summed E-state index contributed by atoms with van der Waals surface area (Å²) in [4.78, 5) is 25.2. The number of esters is 1. The summed E-state index contributed by atoms with van der Waals surface area (Å²) in [7, 11) is 1.38. The summed E-state index contributed by atoms with van der Waals surface area (Å²) >= 11 is 0. The molecule has 0 spiro atoms. The SMILES string of the molecule is COC(=O)C1C(NC(C)c2ccccc2)CC(C)(C)[N+](=O)C1(C)C. The Balaban J connectivity index is 2.33. The molecule has 5 nitrogen and oxygen atoms in total. The molecule has 1 aromatic carbocycles. The van der Waals surface area contributed by atoms with E-state index in [2.05, 4.69) is 24.4 Å². The minimum Gasteiger partial charge on any atom is -0.469 e. The quantitative estimate of drug-likeness (QED) is 0.679. The predicted molar refractivity (Wildman–Crippen MR) is 93.7 cm³/mol. The molecule has 3 unspecified atom stereocenters. The number of piperidine rings is 1. The Kier molecular flexibility index (Phi) is 5.14. The molecule has 1 aliphatic rings. The van der Waals surface area contributed by atoms with Crippen molar-refractivity contribution in [3.63, 3.8) is 0 Å². The number of hydrogen-bond donors (Lipinski definition) is 1. The number of rotatable bonds is 4. The van der Waals surface area contributed by atoms with Gasteiger partial charge in [0.2, 0.25) is 11.1 Å². The lowest BCUT2D eigenvalue weighted by atomic mass is 9.70. The number of benzene rings is 1. The van der Waals surface area contributed by atoms with Crippen LogP contribution in [0.1, 0.15) is 52.6 Å². The number of nitroso groups, excluding NO2 is 1. The van der Waals surface area contributed by atoms with Gasteiger partial charge in [-0.2, -0.15) is 0 Å². The highest BCUT2D eigenvalue weighted by atomic mass is 16.5. The molecule has 0 aromatic heterocycles. The average Bonchev–Trinajstić information content (AvgIpc) is 2.53. The summed E-state index contributed by atoms with van der Waals surface area (Å²) in [6, 6.07) is 10.0. The first-order valence-electron chi connectivity index (χ1n) is 8.47. The van der Waals surface area contributed by atoms with Gasteiger partial charge in [0.15, 0.2) is 0 Å². The highest BCUT2D eigenvalue weighted by Crippen LogP contribution is 2.40. The Morgan fingerprint density at radius 3 is 2.38 bits per heavy atom. The highest BCUT2D eigenvalue weighted by molar-refractivity contribution is 5.74. The largest absolute Gasteiger partial charge is 0.469 e. The van der Waals surface area contributed by atoms with E-state index in [1.54, 1.807) is 0 Å². The molecule has 1 aliphatic heterocycles. The number of carbonyl (C=O) groups is 1. The minimum atomic E-state index is -0.844. The molecule has 0 bridgehead atoms. The van der Waals surface area contributed by atoms with Crippen LogP contribution >= 0.6 is 0 Å². The average molecular weight is 333 g/mol. The fourth-order valence-electron chi connectivity index (χ4n) is 4.03. The van der Waals surface area contributed by atoms with E-state index in [0.29, 0.717) is 6.42 Å². The number of methoxy groups -OCH3 is 1. The lowest BCUT2D eigenvalue weighted by molar-refractivity contribution is -0.699. The molecule has 132 valence electrons. The maximum atomic E-state index is 12.8. The van der Waals surface area contributed by atoms with Crippen molar-refractivity contribution in [1.82, 2.24) is 5.32 Å². The van der Waals surface area contributed by atoms with Crippen LogP contribution in [0.25, 0.3) is 0 Å². The molecule has 5 heteroatoms. The Bertz CT molecular complexity index is 610. The molecule has 0 aliphatic carbocycles. The molecular weight excluding hydrogens is 304 g/mol. The van der Waals surface area contributed by atoms with Gasteiger partial charge in [-0.05, 0) is 12.5 Å². The van der Waals surface area contributed by atoms with Crippen LogP contribution in [0.3, 0.4) is 0 Å².